The fourth-order valence-corrected chi connectivity index (χ4v) is 3.31. The lowest BCUT2D eigenvalue weighted by Gasteiger charge is -2.29. The fraction of sp³-hybridized carbons (Fsp3) is 0.867. The minimum absolute atomic E-state index is 0.0751. The maximum atomic E-state index is 13.4. The average Bonchev–Trinajstić information content (AvgIpc) is 2.72. The summed E-state index contributed by atoms with van der Waals surface area (Å²) < 4.78 is 26.8. The van der Waals surface area contributed by atoms with Gasteiger partial charge in [-0.05, 0) is 51.0 Å². The monoisotopic (exact) mass is 257 g/mol. The molecule has 1 fully saturated rings. The second-order valence-electron chi connectivity index (χ2n) is 5.82. The van der Waals surface area contributed by atoms with E-state index in [0.29, 0.717) is 6.42 Å². The van der Waals surface area contributed by atoms with Gasteiger partial charge in [0.05, 0.1) is 0 Å². The topological polar surface area (TPSA) is 12.0 Å². The zero-order valence-corrected chi connectivity index (χ0v) is 11.4. The zero-order chi connectivity index (χ0) is 13.0. The number of allylic oxidation sites excluding steroid dienone is 1. The van der Waals surface area contributed by atoms with E-state index in [2.05, 4.69) is 18.3 Å². The van der Waals surface area contributed by atoms with Crippen molar-refractivity contribution in [2.75, 3.05) is 6.54 Å². The van der Waals surface area contributed by atoms with Gasteiger partial charge in [0.1, 0.15) is 0 Å². The third kappa shape index (κ3) is 3.53. The normalized spacial score (nSPS) is 29.1. The van der Waals surface area contributed by atoms with Crippen molar-refractivity contribution in [1.82, 2.24) is 5.32 Å². The summed E-state index contributed by atoms with van der Waals surface area (Å²) in [4.78, 5) is 0. The minimum Gasteiger partial charge on any atom is -0.310 e. The Bertz CT molecular complexity index is 299. The van der Waals surface area contributed by atoms with Gasteiger partial charge < -0.3 is 5.32 Å². The molecular formula is C15H25F2N. The van der Waals surface area contributed by atoms with Gasteiger partial charge in [-0.1, -0.05) is 18.6 Å². The van der Waals surface area contributed by atoms with Gasteiger partial charge in [-0.15, -0.1) is 0 Å². The van der Waals surface area contributed by atoms with Gasteiger partial charge >= 0.3 is 0 Å². The number of rotatable bonds is 5. The Morgan fingerprint density at radius 2 is 2.28 bits per heavy atom. The summed E-state index contributed by atoms with van der Waals surface area (Å²) >= 11 is 0. The van der Waals surface area contributed by atoms with Crippen LogP contribution in [-0.4, -0.2) is 18.5 Å². The minimum atomic E-state index is -2.42. The van der Waals surface area contributed by atoms with Crippen LogP contribution < -0.4 is 5.32 Å². The molecule has 2 rings (SSSR count). The molecule has 0 aromatic rings. The summed E-state index contributed by atoms with van der Waals surface area (Å²) in [5.74, 6) is -2.29. The first-order valence-electron chi connectivity index (χ1n) is 7.42. The lowest BCUT2D eigenvalue weighted by atomic mass is 9.85. The molecule has 0 aromatic carbocycles. The summed E-state index contributed by atoms with van der Waals surface area (Å²) in [5.41, 5.74) is 1.40. The first-order valence-corrected chi connectivity index (χ1v) is 7.42. The highest BCUT2D eigenvalue weighted by Gasteiger charge is 2.43. The molecule has 104 valence electrons. The molecule has 0 spiro atoms. The molecule has 2 aliphatic carbocycles. The molecule has 0 heterocycles. The summed E-state index contributed by atoms with van der Waals surface area (Å²) in [7, 11) is 0. The molecule has 1 nitrogen and oxygen atoms in total. The highest BCUT2D eigenvalue weighted by molar-refractivity contribution is 5.16. The molecule has 3 heteroatoms. The van der Waals surface area contributed by atoms with Crippen molar-refractivity contribution in [3.05, 3.63) is 11.6 Å². The van der Waals surface area contributed by atoms with Crippen molar-refractivity contribution in [2.45, 2.75) is 70.3 Å². The van der Waals surface area contributed by atoms with Crippen molar-refractivity contribution in [2.24, 2.45) is 5.92 Å². The molecule has 0 aromatic heterocycles. The number of nitrogens with one attached hydrogen (secondary N) is 1. The van der Waals surface area contributed by atoms with Crippen LogP contribution in [-0.2, 0) is 0 Å². The molecule has 0 bridgehead atoms. The zero-order valence-electron chi connectivity index (χ0n) is 11.4. The summed E-state index contributed by atoms with van der Waals surface area (Å²) in [6.45, 7) is 3.06. The quantitative estimate of drug-likeness (QED) is 0.724. The van der Waals surface area contributed by atoms with Crippen LogP contribution in [0.4, 0.5) is 8.78 Å². The third-order valence-electron chi connectivity index (χ3n) is 4.25. The molecule has 1 N–H and O–H groups in total. The van der Waals surface area contributed by atoms with Gasteiger partial charge in [-0.3, -0.25) is 0 Å². The second kappa shape index (κ2) is 6.14. The molecule has 0 amide bonds. The van der Waals surface area contributed by atoms with Crippen molar-refractivity contribution in [3.8, 4) is 0 Å². The van der Waals surface area contributed by atoms with E-state index in [4.69, 9.17) is 0 Å². The Labute approximate surface area is 109 Å². The van der Waals surface area contributed by atoms with Crippen molar-refractivity contribution in [3.63, 3.8) is 0 Å². The predicted molar refractivity (Wildman–Crippen MR) is 70.9 cm³/mol. The Morgan fingerprint density at radius 1 is 1.44 bits per heavy atom. The van der Waals surface area contributed by atoms with Crippen molar-refractivity contribution < 1.29 is 8.78 Å². The largest absolute Gasteiger partial charge is 0.310 e. The Balaban J connectivity index is 2.02. The van der Waals surface area contributed by atoms with Crippen molar-refractivity contribution >= 4 is 0 Å². The highest BCUT2D eigenvalue weighted by atomic mass is 19.3. The number of alkyl halides is 2. The van der Waals surface area contributed by atoms with E-state index in [1.54, 1.807) is 0 Å². The molecule has 0 aliphatic heterocycles. The van der Waals surface area contributed by atoms with Gasteiger partial charge in [0, 0.05) is 18.9 Å². The van der Waals surface area contributed by atoms with E-state index >= 15 is 0 Å². The SMILES string of the molecule is CCCNC(C1=CCCCC1)C1CCC(F)(F)C1. The van der Waals surface area contributed by atoms with Crippen molar-refractivity contribution in [1.29, 1.82) is 0 Å². The van der Waals surface area contributed by atoms with Gasteiger partial charge in [0.2, 0.25) is 5.92 Å². The predicted octanol–water partition coefficient (Wildman–Crippen LogP) is 4.29. The van der Waals surface area contributed by atoms with Gasteiger partial charge in [-0.2, -0.15) is 0 Å². The molecule has 0 radical (unpaired) electrons. The number of hydrogen-bond donors (Lipinski definition) is 1. The standard InChI is InChI=1S/C15H25F2N/c1-2-10-18-14(12-6-4-3-5-7-12)13-8-9-15(16,17)11-13/h6,13-14,18H,2-5,7-11H2,1H3. The van der Waals surface area contributed by atoms with E-state index in [1.165, 1.54) is 18.4 Å². The smallest absolute Gasteiger partial charge is 0.248 e. The van der Waals surface area contributed by atoms with E-state index in [-0.39, 0.29) is 24.8 Å². The van der Waals surface area contributed by atoms with E-state index in [1.807, 2.05) is 0 Å². The van der Waals surface area contributed by atoms with Crippen LogP contribution >= 0.6 is 0 Å². The second-order valence-corrected chi connectivity index (χ2v) is 5.82. The lowest BCUT2D eigenvalue weighted by molar-refractivity contribution is 0.00384. The van der Waals surface area contributed by atoms with Crippen LogP contribution in [0.3, 0.4) is 0 Å². The van der Waals surface area contributed by atoms with Crippen LogP contribution in [0.15, 0.2) is 11.6 Å². The van der Waals surface area contributed by atoms with Gasteiger partial charge in [0.25, 0.3) is 0 Å². The van der Waals surface area contributed by atoms with E-state index in [0.717, 1.165) is 25.8 Å². The first kappa shape index (κ1) is 14.0. The molecule has 2 unspecified atom stereocenters. The molecule has 1 saturated carbocycles. The third-order valence-corrected chi connectivity index (χ3v) is 4.25. The van der Waals surface area contributed by atoms with E-state index < -0.39 is 5.92 Å². The Morgan fingerprint density at radius 3 is 2.83 bits per heavy atom. The number of halogens is 2. The van der Waals surface area contributed by atoms with Crippen LogP contribution in [0.5, 0.6) is 0 Å². The Kier molecular flexibility index (Phi) is 4.77. The lowest BCUT2D eigenvalue weighted by Crippen LogP contribution is -2.38. The number of hydrogen-bond acceptors (Lipinski definition) is 1. The first-order chi connectivity index (χ1) is 8.62. The molecule has 18 heavy (non-hydrogen) atoms. The van der Waals surface area contributed by atoms with Gasteiger partial charge in [-0.25, -0.2) is 8.78 Å². The molecule has 2 aliphatic rings. The summed E-state index contributed by atoms with van der Waals surface area (Å²) in [6, 6.07) is 0.207. The Hall–Kier alpha value is -0.440. The van der Waals surface area contributed by atoms with Gasteiger partial charge in [0.15, 0.2) is 0 Å². The highest BCUT2D eigenvalue weighted by Crippen LogP contribution is 2.42. The van der Waals surface area contributed by atoms with Crippen LogP contribution in [0.25, 0.3) is 0 Å². The summed E-state index contributed by atoms with van der Waals surface area (Å²) in [5, 5.41) is 3.52. The molecule has 2 atom stereocenters. The maximum absolute atomic E-state index is 13.4. The van der Waals surface area contributed by atoms with Crippen LogP contribution in [0, 0.1) is 5.92 Å². The fourth-order valence-electron chi connectivity index (χ4n) is 3.31. The summed E-state index contributed by atoms with van der Waals surface area (Å²) in [6.07, 6.45) is 8.89. The maximum Gasteiger partial charge on any atom is 0.248 e. The molecule has 0 saturated heterocycles. The molecular weight excluding hydrogens is 232 g/mol. The average molecular weight is 257 g/mol. The van der Waals surface area contributed by atoms with Crippen LogP contribution in [0.1, 0.15) is 58.3 Å². The van der Waals surface area contributed by atoms with E-state index in [9.17, 15) is 8.78 Å². The van der Waals surface area contributed by atoms with Crippen LogP contribution in [0.2, 0.25) is 0 Å².